The van der Waals surface area contributed by atoms with Crippen molar-refractivity contribution < 1.29 is 4.39 Å². The van der Waals surface area contributed by atoms with Crippen molar-refractivity contribution in [2.45, 2.75) is 16.3 Å². The highest BCUT2D eigenvalue weighted by atomic mass is 79.9. The van der Waals surface area contributed by atoms with Crippen LogP contribution in [0.3, 0.4) is 0 Å². The lowest BCUT2D eigenvalue weighted by atomic mass is 10.2. The molecule has 2 rings (SSSR count). The highest BCUT2D eigenvalue weighted by molar-refractivity contribution is 9.10. The van der Waals surface area contributed by atoms with Gasteiger partial charge in [0.05, 0.1) is 0 Å². The Kier molecular flexibility index (Phi) is 4.80. The summed E-state index contributed by atoms with van der Waals surface area (Å²) < 4.78 is 14.8. The van der Waals surface area contributed by atoms with Crippen LogP contribution in [-0.2, 0) is 6.54 Å². The lowest BCUT2D eigenvalue weighted by molar-refractivity contribution is 0.594. The van der Waals surface area contributed by atoms with E-state index in [0.717, 1.165) is 14.3 Å². The van der Waals surface area contributed by atoms with Crippen LogP contribution in [0.1, 0.15) is 5.56 Å². The highest BCUT2D eigenvalue weighted by Gasteiger charge is 2.10. The van der Waals surface area contributed by atoms with Crippen LogP contribution < -0.4 is 5.32 Å². The zero-order valence-corrected chi connectivity index (χ0v) is 12.3. The first-order valence-electron chi connectivity index (χ1n) is 5.56. The average Bonchev–Trinajstić information content (AvgIpc) is 2.36. The predicted molar refractivity (Wildman–Crippen MR) is 77.4 cm³/mol. The van der Waals surface area contributed by atoms with Gasteiger partial charge in [-0.25, -0.2) is 4.39 Å². The Morgan fingerprint density at radius 2 is 1.83 bits per heavy atom. The summed E-state index contributed by atoms with van der Waals surface area (Å²) in [6.07, 6.45) is 0. The third-order valence-corrected chi connectivity index (χ3v) is 4.62. The van der Waals surface area contributed by atoms with Gasteiger partial charge in [-0.15, -0.1) is 0 Å². The molecule has 0 spiro atoms. The molecule has 0 aliphatic carbocycles. The maximum absolute atomic E-state index is 13.8. The zero-order chi connectivity index (χ0) is 13.0. The zero-order valence-electron chi connectivity index (χ0n) is 9.91. The van der Waals surface area contributed by atoms with Crippen molar-refractivity contribution in [2.24, 2.45) is 0 Å². The molecule has 0 atom stereocenters. The molecule has 94 valence electrons. The van der Waals surface area contributed by atoms with Crippen molar-refractivity contribution in [2.75, 3.05) is 7.05 Å². The Hall–Kier alpha value is -0.840. The first-order valence-corrected chi connectivity index (χ1v) is 7.17. The molecule has 1 N–H and O–H groups in total. The molecule has 0 bridgehead atoms. The molecule has 2 aromatic carbocycles. The van der Waals surface area contributed by atoms with Crippen LogP contribution in [0, 0.1) is 5.82 Å². The van der Waals surface area contributed by atoms with E-state index < -0.39 is 0 Å². The Labute approximate surface area is 119 Å². The van der Waals surface area contributed by atoms with E-state index in [9.17, 15) is 4.39 Å². The van der Waals surface area contributed by atoms with Gasteiger partial charge >= 0.3 is 0 Å². The van der Waals surface area contributed by atoms with E-state index in [4.69, 9.17) is 0 Å². The monoisotopic (exact) mass is 325 g/mol. The second kappa shape index (κ2) is 6.36. The standard InChI is InChI=1S/C14H13BrFNS/c1-17-9-10-12(16)6-4-8-13(10)18-14-7-3-2-5-11(14)15/h2-8,17H,9H2,1H3. The predicted octanol–water partition coefficient (Wildman–Crippen LogP) is 4.46. The van der Waals surface area contributed by atoms with Crippen LogP contribution in [-0.4, -0.2) is 7.05 Å². The first kappa shape index (κ1) is 13.6. The summed E-state index contributed by atoms with van der Waals surface area (Å²) in [5, 5.41) is 3.00. The van der Waals surface area contributed by atoms with Gasteiger partial charge in [-0.2, -0.15) is 0 Å². The third-order valence-electron chi connectivity index (χ3n) is 2.49. The van der Waals surface area contributed by atoms with Crippen molar-refractivity contribution in [1.29, 1.82) is 0 Å². The largest absolute Gasteiger partial charge is 0.316 e. The lowest BCUT2D eigenvalue weighted by Gasteiger charge is -2.10. The Bertz CT molecular complexity index is 545. The van der Waals surface area contributed by atoms with Gasteiger partial charge in [0, 0.05) is 26.4 Å². The minimum Gasteiger partial charge on any atom is -0.316 e. The summed E-state index contributed by atoms with van der Waals surface area (Å²) in [4.78, 5) is 2.02. The number of rotatable bonds is 4. The number of hydrogen-bond donors (Lipinski definition) is 1. The lowest BCUT2D eigenvalue weighted by Crippen LogP contribution is -2.08. The average molecular weight is 326 g/mol. The SMILES string of the molecule is CNCc1c(F)cccc1Sc1ccccc1Br. The summed E-state index contributed by atoms with van der Waals surface area (Å²) in [7, 11) is 1.82. The number of hydrogen-bond acceptors (Lipinski definition) is 2. The normalized spacial score (nSPS) is 10.6. The fraction of sp³-hybridized carbons (Fsp3) is 0.143. The summed E-state index contributed by atoms with van der Waals surface area (Å²) in [6, 6.07) is 13.1. The van der Waals surface area contributed by atoms with Crippen molar-refractivity contribution >= 4 is 27.7 Å². The van der Waals surface area contributed by atoms with Crippen LogP contribution in [0.4, 0.5) is 4.39 Å². The molecule has 0 radical (unpaired) electrons. The summed E-state index contributed by atoms with van der Waals surface area (Å²) in [5.74, 6) is -0.165. The molecular formula is C14H13BrFNS. The van der Waals surface area contributed by atoms with Crippen molar-refractivity contribution in [3.63, 3.8) is 0 Å². The van der Waals surface area contributed by atoms with Gasteiger partial charge < -0.3 is 5.32 Å². The minimum absolute atomic E-state index is 0.165. The van der Waals surface area contributed by atoms with Crippen LogP contribution >= 0.6 is 27.7 Å². The van der Waals surface area contributed by atoms with Crippen molar-refractivity contribution in [3.05, 3.63) is 58.3 Å². The summed E-state index contributed by atoms with van der Waals surface area (Å²) >= 11 is 5.07. The van der Waals surface area contributed by atoms with Crippen molar-refractivity contribution in [1.82, 2.24) is 5.32 Å². The number of benzene rings is 2. The van der Waals surface area contributed by atoms with E-state index >= 15 is 0 Å². The minimum atomic E-state index is -0.165. The van der Waals surface area contributed by atoms with Gasteiger partial charge in [-0.05, 0) is 47.2 Å². The fourth-order valence-corrected chi connectivity index (χ4v) is 3.14. The Morgan fingerprint density at radius 1 is 1.11 bits per heavy atom. The van der Waals surface area contributed by atoms with Crippen LogP contribution in [0.2, 0.25) is 0 Å². The molecule has 18 heavy (non-hydrogen) atoms. The topological polar surface area (TPSA) is 12.0 Å². The second-order valence-electron chi connectivity index (χ2n) is 3.78. The van der Waals surface area contributed by atoms with E-state index in [0.29, 0.717) is 12.1 Å². The molecule has 4 heteroatoms. The first-order chi connectivity index (χ1) is 8.72. The molecule has 0 saturated carbocycles. The van der Waals surface area contributed by atoms with Crippen LogP contribution in [0.5, 0.6) is 0 Å². The van der Waals surface area contributed by atoms with Gasteiger partial charge in [-0.1, -0.05) is 30.0 Å². The molecule has 0 aliphatic heterocycles. The highest BCUT2D eigenvalue weighted by Crippen LogP contribution is 2.35. The Balaban J connectivity index is 2.34. The van der Waals surface area contributed by atoms with Crippen molar-refractivity contribution in [3.8, 4) is 0 Å². The van der Waals surface area contributed by atoms with Gasteiger partial charge in [0.15, 0.2) is 0 Å². The van der Waals surface area contributed by atoms with E-state index in [1.165, 1.54) is 6.07 Å². The molecule has 0 heterocycles. The van der Waals surface area contributed by atoms with Gasteiger partial charge in [0.1, 0.15) is 5.82 Å². The fourth-order valence-electron chi connectivity index (χ4n) is 1.63. The van der Waals surface area contributed by atoms with E-state index in [2.05, 4.69) is 21.2 Å². The van der Waals surface area contributed by atoms with Crippen LogP contribution in [0.15, 0.2) is 56.7 Å². The summed E-state index contributed by atoms with van der Waals surface area (Å²) in [6.45, 7) is 0.527. The molecule has 1 nitrogen and oxygen atoms in total. The summed E-state index contributed by atoms with van der Waals surface area (Å²) in [5.41, 5.74) is 0.709. The maximum atomic E-state index is 13.8. The second-order valence-corrected chi connectivity index (χ2v) is 5.72. The molecule has 0 aliphatic rings. The van der Waals surface area contributed by atoms with E-state index in [-0.39, 0.29) is 5.82 Å². The third kappa shape index (κ3) is 3.13. The Morgan fingerprint density at radius 3 is 2.56 bits per heavy atom. The van der Waals surface area contributed by atoms with Gasteiger partial charge in [-0.3, -0.25) is 0 Å². The molecule has 0 fully saturated rings. The van der Waals surface area contributed by atoms with E-state index in [1.807, 2.05) is 37.4 Å². The number of nitrogens with one attached hydrogen (secondary N) is 1. The molecule has 0 amide bonds. The van der Waals surface area contributed by atoms with Gasteiger partial charge in [0.2, 0.25) is 0 Å². The number of halogens is 2. The van der Waals surface area contributed by atoms with E-state index in [1.54, 1.807) is 17.8 Å². The maximum Gasteiger partial charge on any atom is 0.128 e. The molecule has 0 saturated heterocycles. The molecule has 0 aromatic heterocycles. The molecule has 0 unspecified atom stereocenters. The molecule has 2 aromatic rings. The molecular weight excluding hydrogens is 313 g/mol. The van der Waals surface area contributed by atoms with Crippen LogP contribution in [0.25, 0.3) is 0 Å². The van der Waals surface area contributed by atoms with Gasteiger partial charge in [0.25, 0.3) is 0 Å². The quantitative estimate of drug-likeness (QED) is 0.890. The smallest absolute Gasteiger partial charge is 0.128 e.